The standard InChI is InChI=1S/C8H8N4O3/c1-15-12-6(4-13)8-9-3-2-7(11-8)10-5-14/h2-5H,1H3,(H,9,10,11,14)/b12-6-. The topological polar surface area (TPSA) is 93.5 Å². The van der Waals surface area contributed by atoms with E-state index in [-0.39, 0.29) is 17.4 Å². The van der Waals surface area contributed by atoms with Crippen LogP contribution in [-0.2, 0) is 14.4 Å². The van der Waals surface area contributed by atoms with Crippen LogP contribution in [-0.4, -0.2) is 35.5 Å². The lowest BCUT2D eigenvalue weighted by Crippen LogP contribution is -2.10. The fourth-order valence-electron chi connectivity index (χ4n) is 0.836. The molecule has 1 heterocycles. The number of amides is 1. The van der Waals surface area contributed by atoms with Crippen LogP contribution in [0.3, 0.4) is 0 Å². The van der Waals surface area contributed by atoms with Gasteiger partial charge in [0.1, 0.15) is 12.9 Å². The number of carbonyl (C=O) groups is 2. The highest BCUT2D eigenvalue weighted by Crippen LogP contribution is 2.01. The Morgan fingerprint density at radius 1 is 1.60 bits per heavy atom. The van der Waals surface area contributed by atoms with E-state index in [2.05, 4.69) is 25.3 Å². The van der Waals surface area contributed by atoms with Crippen LogP contribution in [0.15, 0.2) is 17.4 Å². The van der Waals surface area contributed by atoms with Crippen molar-refractivity contribution < 1.29 is 14.4 Å². The largest absolute Gasteiger partial charge is 0.398 e. The average molecular weight is 208 g/mol. The molecule has 0 aliphatic heterocycles. The molecule has 1 rings (SSSR count). The molecular weight excluding hydrogens is 200 g/mol. The minimum atomic E-state index is -0.0490. The molecule has 0 aliphatic rings. The molecule has 0 spiro atoms. The van der Waals surface area contributed by atoms with Gasteiger partial charge in [0.2, 0.25) is 6.41 Å². The minimum Gasteiger partial charge on any atom is -0.398 e. The summed E-state index contributed by atoms with van der Waals surface area (Å²) in [6, 6.07) is 1.48. The molecule has 0 radical (unpaired) electrons. The van der Waals surface area contributed by atoms with Crippen LogP contribution in [0.2, 0.25) is 0 Å². The van der Waals surface area contributed by atoms with E-state index in [1.165, 1.54) is 19.4 Å². The van der Waals surface area contributed by atoms with Gasteiger partial charge in [-0.3, -0.25) is 9.59 Å². The molecule has 0 saturated heterocycles. The molecule has 1 aromatic rings. The van der Waals surface area contributed by atoms with E-state index in [1.54, 1.807) is 0 Å². The summed E-state index contributed by atoms with van der Waals surface area (Å²) in [6.45, 7) is 0. The number of oxime groups is 1. The summed E-state index contributed by atoms with van der Waals surface area (Å²) in [7, 11) is 1.30. The van der Waals surface area contributed by atoms with E-state index in [9.17, 15) is 9.59 Å². The van der Waals surface area contributed by atoms with Crippen LogP contribution < -0.4 is 5.32 Å². The van der Waals surface area contributed by atoms with E-state index in [0.717, 1.165) is 0 Å². The van der Waals surface area contributed by atoms with Crippen molar-refractivity contribution in [1.82, 2.24) is 9.97 Å². The fourth-order valence-corrected chi connectivity index (χ4v) is 0.836. The van der Waals surface area contributed by atoms with Gasteiger partial charge in [-0.1, -0.05) is 5.16 Å². The molecule has 7 nitrogen and oxygen atoms in total. The molecule has 0 fully saturated rings. The molecule has 0 bridgehead atoms. The molecule has 0 aliphatic carbocycles. The Kier molecular flexibility index (Phi) is 3.90. The summed E-state index contributed by atoms with van der Waals surface area (Å²) in [4.78, 5) is 32.8. The summed E-state index contributed by atoms with van der Waals surface area (Å²) in [6.07, 6.45) is 2.33. The Balaban J connectivity index is 3.02. The number of nitrogens with one attached hydrogen (secondary N) is 1. The summed E-state index contributed by atoms with van der Waals surface area (Å²) in [5, 5.41) is 5.75. The molecule has 1 amide bonds. The van der Waals surface area contributed by atoms with Gasteiger partial charge < -0.3 is 10.2 Å². The van der Waals surface area contributed by atoms with Crippen molar-refractivity contribution in [2.24, 2.45) is 5.16 Å². The van der Waals surface area contributed by atoms with Crippen molar-refractivity contribution in [3.63, 3.8) is 0 Å². The van der Waals surface area contributed by atoms with Crippen molar-refractivity contribution in [1.29, 1.82) is 0 Å². The molecule has 0 atom stereocenters. The second kappa shape index (κ2) is 5.43. The first-order chi connectivity index (χ1) is 7.31. The van der Waals surface area contributed by atoms with Gasteiger partial charge in [0, 0.05) is 6.20 Å². The van der Waals surface area contributed by atoms with Gasteiger partial charge in [-0.15, -0.1) is 0 Å². The second-order valence-corrected chi connectivity index (χ2v) is 2.30. The normalized spacial score (nSPS) is 10.6. The number of hydrogen-bond acceptors (Lipinski definition) is 6. The molecule has 15 heavy (non-hydrogen) atoms. The van der Waals surface area contributed by atoms with Crippen LogP contribution in [0, 0.1) is 0 Å². The smallest absolute Gasteiger partial charge is 0.212 e. The Morgan fingerprint density at radius 2 is 2.40 bits per heavy atom. The van der Waals surface area contributed by atoms with Crippen LogP contribution in [0.5, 0.6) is 0 Å². The molecule has 78 valence electrons. The molecule has 0 unspecified atom stereocenters. The van der Waals surface area contributed by atoms with E-state index in [1.807, 2.05) is 0 Å². The Labute approximate surface area is 85.2 Å². The predicted molar refractivity (Wildman–Crippen MR) is 51.3 cm³/mol. The van der Waals surface area contributed by atoms with E-state index in [0.29, 0.717) is 12.7 Å². The van der Waals surface area contributed by atoms with Crippen LogP contribution in [0.25, 0.3) is 0 Å². The third-order valence-corrected chi connectivity index (χ3v) is 1.39. The van der Waals surface area contributed by atoms with Gasteiger partial charge in [0.25, 0.3) is 0 Å². The highest BCUT2D eigenvalue weighted by atomic mass is 16.6. The zero-order valence-electron chi connectivity index (χ0n) is 7.88. The average Bonchev–Trinajstić information content (AvgIpc) is 2.27. The van der Waals surface area contributed by atoms with Crippen molar-refractivity contribution in [3.05, 3.63) is 18.1 Å². The van der Waals surface area contributed by atoms with Gasteiger partial charge in [-0.25, -0.2) is 9.97 Å². The zero-order chi connectivity index (χ0) is 11.1. The van der Waals surface area contributed by atoms with Crippen molar-refractivity contribution in [3.8, 4) is 0 Å². The van der Waals surface area contributed by atoms with Crippen LogP contribution in [0.4, 0.5) is 5.82 Å². The summed E-state index contributed by atoms with van der Waals surface area (Å²) in [5.41, 5.74) is -0.0490. The number of anilines is 1. The first-order valence-electron chi connectivity index (χ1n) is 3.91. The Hall–Kier alpha value is -2.31. The van der Waals surface area contributed by atoms with Crippen molar-refractivity contribution in [2.45, 2.75) is 0 Å². The number of aromatic nitrogens is 2. The SMILES string of the molecule is CO/N=C(/C=O)c1nccc(NC=O)n1. The molecular formula is C8H8N4O3. The summed E-state index contributed by atoms with van der Waals surface area (Å²) in [5.74, 6) is 0.361. The van der Waals surface area contributed by atoms with Crippen LogP contribution >= 0.6 is 0 Å². The number of nitrogens with zero attached hydrogens (tertiary/aromatic N) is 3. The molecule has 7 heteroatoms. The lowest BCUT2D eigenvalue weighted by Gasteiger charge is -1.99. The fraction of sp³-hybridized carbons (Fsp3) is 0.125. The van der Waals surface area contributed by atoms with Gasteiger partial charge in [-0.05, 0) is 6.07 Å². The number of rotatable bonds is 5. The van der Waals surface area contributed by atoms with E-state index < -0.39 is 0 Å². The summed E-state index contributed by atoms with van der Waals surface area (Å²) >= 11 is 0. The van der Waals surface area contributed by atoms with Crippen molar-refractivity contribution >= 4 is 24.2 Å². The summed E-state index contributed by atoms with van der Waals surface area (Å²) < 4.78 is 0. The predicted octanol–water partition coefficient (Wildman–Crippen LogP) is -0.406. The highest BCUT2D eigenvalue weighted by molar-refractivity contribution is 6.34. The molecule has 1 aromatic heterocycles. The molecule has 0 aromatic carbocycles. The maximum atomic E-state index is 10.6. The van der Waals surface area contributed by atoms with Gasteiger partial charge in [0.15, 0.2) is 17.8 Å². The van der Waals surface area contributed by atoms with Crippen LogP contribution in [0.1, 0.15) is 5.82 Å². The zero-order valence-corrected chi connectivity index (χ0v) is 7.88. The third kappa shape index (κ3) is 2.83. The number of aldehydes is 1. The first-order valence-corrected chi connectivity index (χ1v) is 3.91. The number of hydrogen-bond donors (Lipinski definition) is 1. The first kappa shape index (κ1) is 10.8. The monoisotopic (exact) mass is 208 g/mol. The lowest BCUT2D eigenvalue weighted by atomic mass is 10.4. The maximum absolute atomic E-state index is 10.6. The van der Waals surface area contributed by atoms with Crippen molar-refractivity contribution in [2.75, 3.05) is 12.4 Å². The van der Waals surface area contributed by atoms with Gasteiger partial charge in [-0.2, -0.15) is 0 Å². The lowest BCUT2D eigenvalue weighted by molar-refractivity contribution is -0.105. The third-order valence-electron chi connectivity index (χ3n) is 1.39. The van der Waals surface area contributed by atoms with E-state index >= 15 is 0 Å². The molecule has 1 N–H and O–H groups in total. The maximum Gasteiger partial charge on any atom is 0.212 e. The minimum absolute atomic E-state index is 0.0490. The second-order valence-electron chi connectivity index (χ2n) is 2.30. The van der Waals surface area contributed by atoms with E-state index in [4.69, 9.17) is 0 Å². The van der Waals surface area contributed by atoms with Gasteiger partial charge in [0.05, 0.1) is 0 Å². The number of carbonyl (C=O) groups excluding carboxylic acids is 2. The highest BCUT2D eigenvalue weighted by Gasteiger charge is 2.07. The Bertz CT molecular complexity index is 391. The quantitative estimate of drug-likeness (QED) is 0.403. The van der Waals surface area contributed by atoms with Gasteiger partial charge >= 0.3 is 0 Å². The Morgan fingerprint density at radius 3 is 3.00 bits per heavy atom. The molecule has 0 saturated carbocycles.